The van der Waals surface area contributed by atoms with E-state index >= 15 is 0 Å². The lowest BCUT2D eigenvalue weighted by molar-refractivity contribution is -0.385. The molecular weight excluding hydrogens is 386 g/mol. The van der Waals surface area contributed by atoms with Crippen molar-refractivity contribution in [3.8, 4) is 0 Å². The van der Waals surface area contributed by atoms with E-state index in [1.165, 1.54) is 21.7 Å². The summed E-state index contributed by atoms with van der Waals surface area (Å²) in [6.45, 7) is 7.75. The fourth-order valence-electron chi connectivity index (χ4n) is 3.44. The topological polar surface area (TPSA) is 83.8 Å². The zero-order chi connectivity index (χ0) is 19.8. The quantitative estimate of drug-likeness (QED) is 0.559. The Kier molecular flexibility index (Phi) is 5.66. The first-order valence-corrected chi connectivity index (χ1v) is 11.0. The molecule has 1 aromatic heterocycles. The highest BCUT2D eigenvalue weighted by Gasteiger charge is 2.32. The molecule has 0 spiro atoms. The summed E-state index contributed by atoms with van der Waals surface area (Å²) in [5.74, 6) is 0. The van der Waals surface area contributed by atoms with Crippen molar-refractivity contribution in [2.75, 3.05) is 26.2 Å². The van der Waals surface area contributed by atoms with Gasteiger partial charge in [-0.1, -0.05) is 12.1 Å². The Morgan fingerprint density at radius 2 is 1.81 bits per heavy atom. The number of piperazine rings is 1. The monoisotopic (exact) mass is 409 g/mol. The van der Waals surface area contributed by atoms with Crippen LogP contribution in [-0.2, 0) is 10.0 Å². The Morgan fingerprint density at radius 3 is 2.37 bits per heavy atom. The second kappa shape index (κ2) is 7.67. The zero-order valence-electron chi connectivity index (χ0n) is 15.6. The fraction of sp³-hybridized carbons (Fsp3) is 0.444. The molecular formula is C18H23N3O4S2. The number of thiophene rings is 1. The molecule has 1 aromatic carbocycles. The van der Waals surface area contributed by atoms with Crippen LogP contribution >= 0.6 is 11.3 Å². The van der Waals surface area contributed by atoms with Crippen molar-refractivity contribution in [3.63, 3.8) is 0 Å². The van der Waals surface area contributed by atoms with E-state index in [1.807, 2.05) is 26.8 Å². The predicted octanol–water partition coefficient (Wildman–Crippen LogP) is 3.34. The normalized spacial score (nSPS) is 17.7. The van der Waals surface area contributed by atoms with Gasteiger partial charge in [0.15, 0.2) is 0 Å². The Balaban J connectivity index is 1.71. The largest absolute Gasteiger partial charge is 0.294 e. The lowest BCUT2D eigenvalue weighted by Crippen LogP contribution is -2.49. The van der Waals surface area contributed by atoms with Gasteiger partial charge in [-0.25, -0.2) is 8.42 Å². The molecule has 1 unspecified atom stereocenters. The minimum Gasteiger partial charge on any atom is -0.294 e. The summed E-state index contributed by atoms with van der Waals surface area (Å²) < 4.78 is 27.4. The van der Waals surface area contributed by atoms with Crippen LogP contribution in [0.4, 0.5) is 5.69 Å². The maximum atomic E-state index is 12.9. The van der Waals surface area contributed by atoms with E-state index in [0.717, 1.165) is 15.3 Å². The Hall–Kier alpha value is -1.81. The molecule has 1 fully saturated rings. The third-order valence-corrected chi connectivity index (χ3v) is 8.12. The molecule has 0 N–H and O–H groups in total. The molecule has 9 heteroatoms. The lowest BCUT2D eigenvalue weighted by atomic mass is 10.1. The van der Waals surface area contributed by atoms with Crippen LogP contribution in [0.15, 0.2) is 35.2 Å². The van der Waals surface area contributed by atoms with E-state index in [1.54, 1.807) is 18.2 Å². The third kappa shape index (κ3) is 4.06. The van der Waals surface area contributed by atoms with Crippen molar-refractivity contribution in [3.05, 3.63) is 55.8 Å². The smallest absolute Gasteiger partial charge is 0.269 e. The third-order valence-electron chi connectivity index (χ3n) is 5.00. The average Bonchev–Trinajstić information content (AvgIpc) is 3.00. The van der Waals surface area contributed by atoms with E-state index in [9.17, 15) is 18.5 Å². The minimum absolute atomic E-state index is 0.0140. The second-order valence-electron chi connectivity index (χ2n) is 6.75. The first-order valence-electron chi connectivity index (χ1n) is 8.75. The number of nitrogens with zero attached hydrogens (tertiary/aromatic N) is 3. The molecule has 0 aliphatic carbocycles. The Morgan fingerprint density at radius 1 is 1.15 bits per heavy atom. The number of nitro benzene ring substituents is 1. The van der Waals surface area contributed by atoms with E-state index < -0.39 is 14.9 Å². The van der Waals surface area contributed by atoms with Crippen LogP contribution in [0.2, 0.25) is 0 Å². The van der Waals surface area contributed by atoms with E-state index in [0.29, 0.717) is 31.1 Å². The second-order valence-corrected chi connectivity index (χ2v) is 10.1. The average molecular weight is 410 g/mol. The van der Waals surface area contributed by atoms with Crippen molar-refractivity contribution in [1.29, 1.82) is 0 Å². The van der Waals surface area contributed by atoms with Crippen LogP contribution in [0, 0.1) is 24.0 Å². The highest BCUT2D eigenvalue weighted by atomic mass is 32.2. The highest BCUT2D eigenvalue weighted by Crippen LogP contribution is 2.30. The summed E-state index contributed by atoms with van der Waals surface area (Å²) in [6, 6.07) is 8.36. The van der Waals surface area contributed by atoms with Gasteiger partial charge in [0.2, 0.25) is 10.0 Å². The van der Waals surface area contributed by atoms with Gasteiger partial charge in [-0.3, -0.25) is 15.0 Å². The summed E-state index contributed by atoms with van der Waals surface area (Å²) in [7, 11) is -3.48. The number of aryl methyl sites for hydroxylation is 2. The van der Waals surface area contributed by atoms with Crippen molar-refractivity contribution in [2.45, 2.75) is 31.7 Å². The summed E-state index contributed by atoms with van der Waals surface area (Å²) in [6.07, 6.45) is 0. The molecule has 3 rings (SSSR count). The van der Waals surface area contributed by atoms with Gasteiger partial charge >= 0.3 is 0 Å². The number of nitro groups is 1. The first kappa shape index (κ1) is 19.9. The first-order chi connectivity index (χ1) is 12.7. The van der Waals surface area contributed by atoms with Crippen LogP contribution in [0.5, 0.6) is 0 Å². The zero-order valence-corrected chi connectivity index (χ0v) is 17.2. The molecule has 0 saturated carbocycles. The molecule has 1 aliphatic heterocycles. The van der Waals surface area contributed by atoms with Crippen LogP contribution in [0.25, 0.3) is 0 Å². The van der Waals surface area contributed by atoms with Gasteiger partial charge in [-0.2, -0.15) is 4.31 Å². The van der Waals surface area contributed by atoms with Crippen molar-refractivity contribution in [1.82, 2.24) is 9.21 Å². The SMILES string of the molecule is Cc1cc(S(=O)(=O)N2CCN(C(C)c3cccc([N+](=O)[O-])c3)CC2)c(C)s1. The number of non-ortho nitro benzene ring substituents is 1. The molecule has 0 radical (unpaired) electrons. The van der Waals surface area contributed by atoms with Gasteiger partial charge in [0.05, 0.1) is 9.82 Å². The van der Waals surface area contributed by atoms with Gasteiger partial charge in [0.25, 0.3) is 5.69 Å². The molecule has 1 saturated heterocycles. The van der Waals surface area contributed by atoms with E-state index in [4.69, 9.17) is 0 Å². The van der Waals surface area contributed by atoms with E-state index in [2.05, 4.69) is 4.90 Å². The maximum absolute atomic E-state index is 12.9. The van der Waals surface area contributed by atoms with Crippen LogP contribution in [0.3, 0.4) is 0 Å². The van der Waals surface area contributed by atoms with Crippen molar-refractivity contribution in [2.24, 2.45) is 0 Å². The van der Waals surface area contributed by atoms with Gasteiger partial charge in [0.1, 0.15) is 0 Å². The fourth-order valence-corrected chi connectivity index (χ4v) is 6.39. The molecule has 1 aliphatic rings. The van der Waals surface area contributed by atoms with Gasteiger partial charge in [-0.15, -0.1) is 11.3 Å². The molecule has 2 aromatic rings. The number of sulfonamides is 1. The standard InChI is InChI=1S/C18H23N3O4S2/c1-13-11-18(15(3)26-13)27(24,25)20-9-7-19(8-10-20)14(2)16-5-4-6-17(12-16)21(22)23/h4-6,11-12,14H,7-10H2,1-3H3. The van der Waals surface area contributed by atoms with Crippen LogP contribution in [0.1, 0.15) is 28.3 Å². The molecule has 0 bridgehead atoms. The summed E-state index contributed by atoms with van der Waals surface area (Å²) in [5.41, 5.74) is 0.939. The van der Waals surface area contributed by atoms with Crippen LogP contribution in [-0.4, -0.2) is 48.7 Å². The molecule has 2 heterocycles. The number of rotatable bonds is 5. The molecule has 1 atom stereocenters. The van der Waals surface area contributed by atoms with Gasteiger partial charge in [-0.05, 0) is 32.4 Å². The van der Waals surface area contributed by atoms with Crippen molar-refractivity contribution < 1.29 is 13.3 Å². The predicted molar refractivity (Wildman–Crippen MR) is 106 cm³/mol. The van der Waals surface area contributed by atoms with Gasteiger partial charge < -0.3 is 0 Å². The minimum atomic E-state index is -3.48. The van der Waals surface area contributed by atoms with Gasteiger partial charge in [0, 0.05) is 54.1 Å². The molecule has 146 valence electrons. The summed E-state index contributed by atoms with van der Waals surface area (Å²) in [5, 5.41) is 11.0. The molecule has 0 amide bonds. The van der Waals surface area contributed by atoms with Crippen LogP contribution < -0.4 is 0 Å². The molecule has 27 heavy (non-hydrogen) atoms. The van der Waals surface area contributed by atoms with Crippen molar-refractivity contribution >= 4 is 27.0 Å². The number of hydrogen-bond acceptors (Lipinski definition) is 6. The van der Waals surface area contributed by atoms with E-state index in [-0.39, 0.29) is 11.7 Å². The lowest BCUT2D eigenvalue weighted by Gasteiger charge is -2.37. The molecule has 7 nitrogen and oxygen atoms in total. The Bertz CT molecular complexity index is 947. The number of benzene rings is 1. The Labute approximate surface area is 163 Å². The maximum Gasteiger partial charge on any atom is 0.269 e. The summed E-state index contributed by atoms with van der Waals surface area (Å²) >= 11 is 1.50. The highest BCUT2D eigenvalue weighted by molar-refractivity contribution is 7.89. The summed E-state index contributed by atoms with van der Waals surface area (Å²) in [4.78, 5) is 15.0. The number of hydrogen-bond donors (Lipinski definition) is 0.